The summed E-state index contributed by atoms with van der Waals surface area (Å²) in [6.45, 7) is 0.912. The third-order valence-electron chi connectivity index (χ3n) is 5.28. The molecule has 1 N–H and O–H groups in total. The molecule has 0 aliphatic carbocycles. The molecule has 2 aromatic rings. The van der Waals surface area contributed by atoms with E-state index in [-0.39, 0.29) is 5.91 Å². The van der Waals surface area contributed by atoms with Gasteiger partial charge >= 0.3 is 5.97 Å². The van der Waals surface area contributed by atoms with E-state index in [4.69, 9.17) is 5.26 Å². The van der Waals surface area contributed by atoms with E-state index in [2.05, 4.69) is 6.07 Å². The van der Waals surface area contributed by atoms with Crippen molar-refractivity contribution in [3.05, 3.63) is 71.3 Å². The van der Waals surface area contributed by atoms with E-state index in [9.17, 15) is 14.7 Å². The molecule has 0 bridgehead atoms. The lowest BCUT2D eigenvalue weighted by Crippen LogP contribution is -2.49. The fourth-order valence-corrected chi connectivity index (χ4v) is 4.43. The van der Waals surface area contributed by atoms with Gasteiger partial charge in [0.05, 0.1) is 22.8 Å². The number of amides is 1. The van der Waals surface area contributed by atoms with Gasteiger partial charge in [0.25, 0.3) is 0 Å². The normalized spacial score (nSPS) is 15.6. The van der Waals surface area contributed by atoms with Crippen LogP contribution in [0.25, 0.3) is 0 Å². The van der Waals surface area contributed by atoms with Gasteiger partial charge < -0.3 is 10.0 Å². The molecule has 1 aliphatic rings. The van der Waals surface area contributed by atoms with E-state index in [1.807, 2.05) is 42.5 Å². The summed E-state index contributed by atoms with van der Waals surface area (Å²) in [5.74, 6) is 0.298. The van der Waals surface area contributed by atoms with Gasteiger partial charge in [-0.3, -0.25) is 9.59 Å². The van der Waals surface area contributed by atoms with Gasteiger partial charge in [0.1, 0.15) is 0 Å². The van der Waals surface area contributed by atoms with Crippen molar-refractivity contribution in [2.75, 3.05) is 18.8 Å². The van der Waals surface area contributed by atoms with E-state index >= 15 is 0 Å². The molecule has 0 aromatic heterocycles. The highest BCUT2D eigenvalue weighted by Crippen LogP contribution is 2.36. The number of carboxylic acids is 1. The van der Waals surface area contributed by atoms with Crippen LogP contribution in [0.4, 0.5) is 0 Å². The molecule has 1 heterocycles. The summed E-state index contributed by atoms with van der Waals surface area (Å²) in [7, 11) is 0. The van der Waals surface area contributed by atoms with Gasteiger partial charge in [-0.25, -0.2) is 0 Å². The van der Waals surface area contributed by atoms with Crippen molar-refractivity contribution in [1.82, 2.24) is 4.90 Å². The molecule has 28 heavy (non-hydrogen) atoms. The third kappa shape index (κ3) is 4.37. The monoisotopic (exact) mass is 394 g/mol. The van der Waals surface area contributed by atoms with Gasteiger partial charge in [-0.05, 0) is 36.1 Å². The van der Waals surface area contributed by atoms with Gasteiger partial charge in [0.2, 0.25) is 5.91 Å². The van der Waals surface area contributed by atoms with E-state index < -0.39 is 11.4 Å². The quantitative estimate of drug-likeness (QED) is 0.812. The molecule has 1 aliphatic heterocycles. The zero-order chi connectivity index (χ0) is 20.0. The molecule has 3 rings (SSSR count). The number of nitrogens with zero attached hydrogens (tertiary/aromatic N) is 2. The zero-order valence-corrected chi connectivity index (χ0v) is 16.3. The second-order valence-electron chi connectivity index (χ2n) is 6.94. The van der Waals surface area contributed by atoms with Crippen LogP contribution in [-0.4, -0.2) is 40.7 Å². The number of hydrogen-bond donors (Lipinski definition) is 1. The summed E-state index contributed by atoms with van der Waals surface area (Å²) in [5, 5.41) is 18.7. The highest BCUT2D eigenvalue weighted by atomic mass is 32.2. The van der Waals surface area contributed by atoms with Crippen LogP contribution in [-0.2, 0) is 20.8 Å². The maximum Gasteiger partial charge on any atom is 0.314 e. The number of carboxylic acid groups (broad SMARTS) is 1. The van der Waals surface area contributed by atoms with Crippen LogP contribution in [0.2, 0.25) is 0 Å². The predicted octanol–water partition coefficient (Wildman–Crippen LogP) is 3.44. The minimum Gasteiger partial charge on any atom is -0.481 e. The number of thioether (sulfide) groups is 1. The first-order chi connectivity index (χ1) is 13.5. The van der Waals surface area contributed by atoms with Crippen molar-refractivity contribution in [2.24, 2.45) is 0 Å². The van der Waals surface area contributed by atoms with Crippen LogP contribution < -0.4 is 0 Å². The molecule has 0 spiro atoms. The lowest BCUT2D eigenvalue weighted by Gasteiger charge is -2.39. The lowest BCUT2D eigenvalue weighted by atomic mass is 9.73. The van der Waals surface area contributed by atoms with Gasteiger partial charge in [-0.15, -0.1) is 11.8 Å². The van der Waals surface area contributed by atoms with E-state index in [0.29, 0.717) is 43.0 Å². The molecule has 2 aromatic carbocycles. The molecule has 0 unspecified atom stereocenters. The van der Waals surface area contributed by atoms with Crippen LogP contribution >= 0.6 is 11.8 Å². The number of carbonyl (C=O) groups excluding carboxylic acids is 1. The Morgan fingerprint density at radius 2 is 1.71 bits per heavy atom. The first kappa shape index (κ1) is 20.0. The molecule has 1 saturated heterocycles. The molecule has 0 radical (unpaired) electrons. The Balaban J connectivity index is 1.53. The summed E-state index contributed by atoms with van der Waals surface area (Å²) < 4.78 is 0. The SMILES string of the molecule is N#Cc1ccc(CSCC(=O)N2CCC(C(=O)O)(c3ccccc3)CC2)cc1. The third-order valence-corrected chi connectivity index (χ3v) is 6.27. The highest BCUT2D eigenvalue weighted by molar-refractivity contribution is 7.99. The Hall–Kier alpha value is -2.78. The van der Waals surface area contributed by atoms with Crippen LogP contribution in [0.15, 0.2) is 54.6 Å². The van der Waals surface area contributed by atoms with E-state index in [1.54, 1.807) is 17.0 Å². The highest BCUT2D eigenvalue weighted by Gasteiger charge is 2.43. The zero-order valence-electron chi connectivity index (χ0n) is 15.5. The lowest BCUT2D eigenvalue weighted by molar-refractivity contribution is -0.147. The summed E-state index contributed by atoms with van der Waals surface area (Å²) >= 11 is 1.53. The number of nitriles is 1. The van der Waals surface area contributed by atoms with Gasteiger partial charge in [0.15, 0.2) is 0 Å². The molecule has 1 fully saturated rings. The average molecular weight is 394 g/mol. The minimum atomic E-state index is -0.909. The minimum absolute atomic E-state index is 0.0469. The van der Waals surface area contributed by atoms with Crippen molar-refractivity contribution in [3.8, 4) is 6.07 Å². The molecule has 0 saturated carbocycles. The second kappa shape index (κ2) is 8.94. The fraction of sp³-hybridized carbons (Fsp3) is 0.318. The predicted molar refractivity (Wildman–Crippen MR) is 109 cm³/mol. The molecule has 144 valence electrons. The molecule has 1 amide bonds. The Labute approximate surface area is 169 Å². The first-order valence-electron chi connectivity index (χ1n) is 9.19. The van der Waals surface area contributed by atoms with Crippen LogP contribution in [0.1, 0.15) is 29.5 Å². The number of carbonyl (C=O) groups is 2. The van der Waals surface area contributed by atoms with Crippen molar-refractivity contribution in [2.45, 2.75) is 24.0 Å². The van der Waals surface area contributed by atoms with Crippen molar-refractivity contribution in [1.29, 1.82) is 5.26 Å². The van der Waals surface area contributed by atoms with Gasteiger partial charge in [-0.1, -0.05) is 42.5 Å². The number of benzene rings is 2. The standard InChI is InChI=1S/C22H22N2O3S/c23-14-17-6-8-18(9-7-17)15-28-16-20(25)24-12-10-22(11-13-24,21(26)27)19-4-2-1-3-5-19/h1-9H,10-13,15-16H2,(H,26,27). The summed E-state index contributed by atoms with van der Waals surface area (Å²) in [6, 6.07) is 18.8. The number of rotatable bonds is 6. The number of hydrogen-bond acceptors (Lipinski definition) is 4. The van der Waals surface area contributed by atoms with Gasteiger partial charge in [-0.2, -0.15) is 5.26 Å². The van der Waals surface area contributed by atoms with Crippen LogP contribution in [0, 0.1) is 11.3 Å². The first-order valence-corrected chi connectivity index (χ1v) is 10.3. The van der Waals surface area contributed by atoms with Crippen molar-refractivity contribution in [3.63, 3.8) is 0 Å². The van der Waals surface area contributed by atoms with Crippen LogP contribution in [0.3, 0.4) is 0 Å². The Morgan fingerprint density at radius 3 is 2.29 bits per heavy atom. The largest absolute Gasteiger partial charge is 0.481 e. The molecule has 0 atom stereocenters. The Kier molecular flexibility index (Phi) is 6.37. The van der Waals surface area contributed by atoms with Crippen LogP contribution in [0.5, 0.6) is 0 Å². The molecular formula is C22H22N2O3S. The summed E-state index contributed by atoms with van der Waals surface area (Å²) in [6.07, 6.45) is 0.858. The molecular weight excluding hydrogens is 372 g/mol. The molecule has 6 heteroatoms. The fourth-order valence-electron chi connectivity index (χ4n) is 3.54. The number of piperidine rings is 1. The summed E-state index contributed by atoms with van der Waals surface area (Å²) in [4.78, 5) is 26.3. The van der Waals surface area contributed by atoms with E-state index in [0.717, 1.165) is 11.1 Å². The number of likely N-dealkylation sites (tertiary alicyclic amines) is 1. The average Bonchev–Trinajstić information content (AvgIpc) is 2.74. The maximum absolute atomic E-state index is 12.5. The Bertz CT molecular complexity index is 867. The van der Waals surface area contributed by atoms with Gasteiger partial charge in [0, 0.05) is 18.8 Å². The Morgan fingerprint density at radius 1 is 1.07 bits per heavy atom. The van der Waals surface area contributed by atoms with E-state index in [1.165, 1.54) is 11.8 Å². The van der Waals surface area contributed by atoms with Crippen molar-refractivity contribution >= 4 is 23.6 Å². The second-order valence-corrected chi connectivity index (χ2v) is 7.92. The topological polar surface area (TPSA) is 81.4 Å². The summed E-state index contributed by atoms with van der Waals surface area (Å²) in [5.41, 5.74) is 1.60. The maximum atomic E-state index is 12.5. The smallest absolute Gasteiger partial charge is 0.314 e. The number of aliphatic carboxylic acids is 1. The van der Waals surface area contributed by atoms with Crippen molar-refractivity contribution < 1.29 is 14.7 Å². The molecule has 5 nitrogen and oxygen atoms in total.